The topological polar surface area (TPSA) is 47.0 Å². The second-order valence-corrected chi connectivity index (χ2v) is 3.75. The van der Waals surface area contributed by atoms with Crippen LogP contribution in [-0.2, 0) is 10.3 Å². The molecule has 0 saturated carbocycles. The quantitative estimate of drug-likeness (QED) is 0.710. The van der Waals surface area contributed by atoms with Gasteiger partial charge in [-0.15, -0.1) is 0 Å². The van der Waals surface area contributed by atoms with E-state index in [2.05, 4.69) is 22.2 Å². The van der Waals surface area contributed by atoms with Gasteiger partial charge in [-0.2, -0.15) is 0 Å². The minimum absolute atomic E-state index is 0.300. The van der Waals surface area contributed by atoms with Crippen LogP contribution in [-0.4, -0.2) is 29.7 Å². The molecule has 1 aromatic heterocycles. The van der Waals surface area contributed by atoms with Crippen LogP contribution in [0.15, 0.2) is 12.3 Å². The van der Waals surface area contributed by atoms with Crippen molar-refractivity contribution in [3.8, 4) is 0 Å². The van der Waals surface area contributed by atoms with Crippen LogP contribution in [0.3, 0.4) is 0 Å². The first-order valence-electron chi connectivity index (χ1n) is 4.85. The molecule has 1 N–H and O–H groups in total. The molecule has 1 aliphatic rings. The van der Waals surface area contributed by atoms with Crippen molar-refractivity contribution in [1.29, 1.82) is 0 Å². The molecule has 1 atom stereocenters. The van der Waals surface area contributed by atoms with Gasteiger partial charge in [0.2, 0.25) is 0 Å². The number of aromatic nitrogens is 2. The SMILES string of the molecule is Cc1nccc([C@]2(C)CNCCO2)n1. The van der Waals surface area contributed by atoms with Crippen LogP contribution >= 0.6 is 0 Å². The van der Waals surface area contributed by atoms with E-state index in [4.69, 9.17) is 4.74 Å². The molecule has 1 fully saturated rings. The Kier molecular flexibility index (Phi) is 2.48. The van der Waals surface area contributed by atoms with E-state index in [1.54, 1.807) is 6.20 Å². The van der Waals surface area contributed by atoms with Crippen LogP contribution in [0.4, 0.5) is 0 Å². The molecule has 4 nitrogen and oxygen atoms in total. The van der Waals surface area contributed by atoms with E-state index in [9.17, 15) is 0 Å². The summed E-state index contributed by atoms with van der Waals surface area (Å²) in [5.41, 5.74) is 0.656. The Labute approximate surface area is 83.7 Å². The van der Waals surface area contributed by atoms with Gasteiger partial charge in [-0.25, -0.2) is 9.97 Å². The van der Waals surface area contributed by atoms with Crippen molar-refractivity contribution in [1.82, 2.24) is 15.3 Å². The minimum atomic E-state index is -0.300. The molecule has 0 aromatic carbocycles. The van der Waals surface area contributed by atoms with Gasteiger partial charge in [-0.05, 0) is 19.9 Å². The molecule has 14 heavy (non-hydrogen) atoms. The summed E-state index contributed by atoms with van der Waals surface area (Å²) < 4.78 is 5.75. The predicted molar refractivity (Wildman–Crippen MR) is 52.9 cm³/mol. The van der Waals surface area contributed by atoms with Gasteiger partial charge in [0.15, 0.2) is 0 Å². The van der Waals surface area contributed by atoms with Crippen LogP contribution in [0.1, 0.15) is 18.4 Å². The first-order chi connectivity index (χ1) is 6.71. The zero-order chi connectivity index (χ0) is 10.0. The summed E-state index contributed by atoms with van der Waals surface area (Å²) in [7, 11) is 0. The summed E-state index contributed by atoms with van der Waals surface area (Å²) in [6.07, 6.45) is 1.78. The maximum absolute atomic E-state index is 5.75. The Morgan fingerprint density at radius 3 is 3.07 bits per heavy atom. The lowest BCUT2D eigenvalue weighted by Gasteiger charge is -2.33. The number of nitrogens with zero attached hydrogens (tertiary/aromatic N) is 2. The van der Waals surface area contributed by atoms with E-state index >= 15 is 0 Å². The van der Waals surface area contributed by atoms with Crippen LogP contribution in [0.25, 0.3) is 0 Å². The lowest BCUT2D eigenvalue weighted by atomic mass is 10.0. The predicted octanol–water partition coefficient (Wildman–Crippen LogP) is 0.620. The van der Waals surface area contributed by atoms with Crippen molar-refractivity contribution >= 4 is 0 Å². The van der Waals surface area contributed by atoms with Gasteiger partial charge < -0.3 is 10.1 Å². The van der Waals surface area contributed by atoms with Crippen molar-refractivity contribution in [2.75, 3.05) is 19.7 Å². The Hall–Kier alpha value is -1.00. The Morgan fingerprint density at radius 1 is 1.57 bits per heavy atom. The third-order valence-electron chi connectivity index (χ3n) is 2.48. The number of morpholine rings is 1. The van der Waals surface area contributed by atoms with Gasteiger partial charge in [0, 0.05) is 19.3 Å². The molecule has 1 saturated heterocycles. The first-order valence-corrected chi connectivity index (χ1v) is 4.85. The maximum Gasteiger partial charge on any atom is 0.125 e. The van der Waals surface area contributed by atoms with Crippen LogP contribution < -0.4 is 5.32 Å². The van der Waals surface area contributed by atoms with Crippen LogP contribution in [0.2, 0.25) is 0 Å². The normalized spacial score (nSPS) is 27.6. The summed E-state index contributed by atoms with van der Waals surface area (Å²) in [6, 6.07) is 1.92. The highest BCUT2D eigenvalue weighted by atomic mass is 16.5. The summed E-state index contributed by atoms with van der Waals surface area (Å²) in [5.74, 6) is 0.790. The minimum Gasteiger partial charge on any atom is -0.366 e. The van der Waals surface area contributed by atoms with Crippen LogP contribution in [0.5, 0.6) is 0 Å². The molecule has 2 rings (SSSR count). The van der Waals surface area contributed by atoms with Gasteiger partial charge in [-0.3, -0.25) is 0 Å². The first kappa shape index (κ1) is 9.55. The van der Waals surface area contributed by atoms with Crippen LogP contribution in [0, 0.1) is 6.92 Å². The second kappa shape index (κ2) is 3.63. The van der Waals surface area contributed by atoms with Gasteiger partial charge >= 0.3 is 0 Å². The van der Waals surface area contributed by atoms with Crippen molar-refractivity contribution in [2.24, 2.45) is 0 Å². The fourth-order valence-electron chi connectivity index (χ4n) is 1.64. The molecule has 0 amide bonds. The molecule has 76 valence electrons. The number of aryl methyl sites for hydroxylation is 1. The fraction of sp³-hybridized carbons (Fsp3) is 0.600. The molecular formula is C10H15N3O. The highest BCUT2D eigenvalue weighted by molar-refractivity contribution is 5.12. The van der Waals surface area contributed by atoms with Gasteiger partial charge in [-0.1, -0.05) is 0 Å². The van der Waals surface area contributed by atoms with E-state index in [-0.39, 0.29) is 5.60 Å². The Morgan fingerprint density at radius 2 is 2.43 bits per heavy atom. The average molecular weight is 193 g/mol. The molecule has 0 bridgehead atoms. The zero-order valence-corrected chi connectivity index (χ0v) is 8.58. The molecular weight excluding hydrogens is 178 g/mol. The van der Waals surface area contributed by atoms with Gasteiger partial charge in [0.1, 0.15) is 11.4 Å². The van der Waals surface area contributed by atoms with E-state index in [1.165, 1.54) is 0 Å². The number of ether oxygens (including phenoxy) is 1. The maximum atomic E-state index is 5.75. The molecule has 1 aliphatic heterocycles. The monoisotopic (exact) mass is 193 g/mol. The van der Waals surface area contributed by atoms with Crippen molar-refractivity contribution in [3.63, 3.8) is 0 Å². The number of nitrogens with one attached hydrogen (secondary N) is 1. The molecule has 4 heteroatoms. The second-order valence-electron chi connectivity index (χ2n) is 3.75. The summed E-state index contributed by atoms with van der Waals surface area (Å²) >= 11 is 0. The Balaban J connectivity index is 2.28. The van der Waals surface area contributed by atoms with E-state index in [0.717, 1.165) is 31.2 Å². The molecule has 0 spiro atoms. The highest BCUT2D eigenvalue weighted by Crippen LogP contribution is 2.24. The van der Waals surface area contributed by atoms with Crippen molar-refractivity contribution in [2.45, 2.75) is 19.4 Å². The lowest BCUT2D eigenvalue weighted by Crippen LogP contribution is -2.46. The molecule has 0 aliphatic carbocycles. The third-order valence-corrected chi connectivity index (χ3v) is 2.48. The van der Waals surface area contributed by atoms with Crippen molar-refractivity contribution in [3.05, 3.63) is 23.8 Å². The molecule has 2 heterocycles. The lowest BCUT2D eigenvalue weighted by molar-refractivity contribution is -0.0602. The smallest absolute Gasteiger partial charge is 0.125 e. The molecule has 0 radical (unpaired) electrons. The van der Waals surface area contributed by atoms with Gasteiger partial charge in [0.25, 0.3) is 0 Å². The third kappa shape index (κ3) is 1.76. The summed E-state index contributed by atoms with van der Waals surface area (Å²) in [4.78, 5) is 8.47. The largest absolute Gasteiger partial charge is 0.366 e. The molecule has 0 unspecified atom stereocenters. The van der Waals surface area contributed by atoms with E-state index in [1.807, 2.05) is 13.0 Å². The number of hydrogen-bond acceptors (Lipinski definition) is 4. The summed E-state index contributed by atoms with van der Waals surface area (Å²) in [5, 5.41) is 3.31. The summed E-state index contributed by atoms with van der Waals surface area (Å²) in [6.45, 7) is 6.41. The molecule has 1 aromatic rings. The number of rotatable bonds is 1. The average Bonchev–Trinajstić information content (AvgIpc) is 2.19. The highest BCUT2D eigenvalue weighted by Gasteiger charge is 2.31. The van der Waals surface area contributed by atoms with Crippen molar-refractivity contribution < 1.29 is 4.74 Å². The Bertz CT molecular complexity index is 321. The standard InChI is InChI=1S/C10H15N3O/c1-8-12-4-3-9(13-8)10(2)7-11-5-6-14-10/h3-4,11H,5-7H2,1-2H3/t10-/m0/s1. The fourth-order valence-corrected chi connectivity index (χ4v) is 1.64. The van der Waals surface area contributed by atoms with Gasteiger partial charge in [0.05, 0.1) is 12.3 Å². The van der Waals surface area contributed by atoms with E-state index < -0.39 is 0 Å². The van der Waals surface area contributed by atoms with E-state index in [0.29, 0.717) is 0 Å². The number of hydrogen-bond donors (Lipinski definition) is 1. The zero-order valence-electron chi connectivity index (χ0n) is 8.58.